The van der Waals surface area contributed by atoms with Crippen molar-refractivity contribution in [2.75, 3.05) is 0 Å². The van der Waals surface area contributed by atoms with Gasteiger partial charge >= 0.3 is 0 Å². The number of fused-ring (bicyclic) bond motifs is 1. The van der Waals surface area contributed by atoms with E-state index in [2.05, 4.69) is 32.0 Å². The van der Waals surface area contributed by atoms with Gasteiger partial charge in [-0.2, -0.15) is 0 Å². The number of thioether (sulfide) groups is 1. The smallest absolute Gasteiger partial charge is 0.262 e. The minimum atomic E-state index is 0.0162. The number of hydrogen-bond acceptors (Lipinski definition) is 3. The SMILES string of the molecule is [CH]CCCn1c(SCc2cc(C)ccc2C)nc2ccccc2c1=O. The van der Waals surface area contributed by atoms with Crippen LogP contribution >= 0.6 is 11.8 Å². The molecule has 1 aromatic heterocycles. The Hall–Kier alpha value is -2.07. The van der Waals surface area contributed by atoms with Crippen LogP contribution in [-0.4, -0.2) is 9.55 Å². The van der Waals surface area contributed by atoms with E-state index < -0.39 is 0 Å². The maximum absolute atomic E-state index is 12.9. The van der Waals surface area contributed by atoms with Crippen molar-refractivity contribution in [2.45, 2.75) is 44.1 Å². The van der Waals surface area contributed by atoms with Gasteiger partial charge in [-0.25, -0.2) is 4.98 Å². The summed E-state index contributed by atoms with van der Waals surface area (Å²) in [5, 5.41) is 1.42. The average molecular weight is 350 g/mol. The molecular weight excluding hydrogens is 328 g/mol. The Morgan fingerprint density at radius 3 is 2.76 bits per heavy atom. The molecule has 25 heavy (non-hydrogen) atoms. The Bertz CT molecular complexity index is 946. The first-order chi connectivity index (χ1) is 12.1. The molecule has 0 aliphatic rings. The normalized spacial score (nSPS) is 11.2. The lowest BCUT2D eigenvalue weighted by atomic mass is 10.1. The van der Waals surface area contributed by atoms with Gasteiger partial charge in [0.15, 0.2) is 5.16 Å². The maximum Gasteiger partial charge on any atom is 0.262 e. The molecule has 2 aromatic carbocycles. The van der Waals surface area contributed by atoms with E-state index in [1.165, 1.54) is 16.7 Å². The summed E-state index contributed by atoms with van der Waals surface area (Å²) in [7, 11) is 0. The lowest BCUT2D eigenvalue weighted by Gasteiger charge is -2.13. The predicted octanol–water partition coefficient (Wildman–Crippen LogP) is 4.80. The number of aromatic nitrogens is 2. The monoisotopic (exact) mass is 350 g/mol. The molecule has 3 nitrogen and oxygen atoms in total. The van der Waals surface area contributed by atoms with Crippen LogP contribution in [0.3, 0.4) is 0 Å². The molecule has 0 saturated heterocycles. The van der Waals surface area contributed by atoms with Crippen LogP contribution in [0.25, 0.3) is 10.9 Å². The molecule has 0 fully saturated rings. The zero-order chi connectivity index (χ0) is 17.8. The van der Waals surface area contributed by atoms with Crippen molar-refractivity contribution in [3.05, 3.63) is 76.4 Å². The number of benzene rings is 2. The van der Waals surface area contributed by atoms with E-state index >= 15 is 0 Å². The first kappa shape index (κ1) is 17.7. The largest absolute Gasteiger partial charge is 0.287 e. The predicted molar refractivity (Wildman–Crippen MR) is 105 cm³/mol. The van der Waals surface area contributed by atoms with Gasteiger partial charge in [-0.15, -0.1) is 0 Å². The Morgan fingerprint density at radius 2 is 1.96 bits per heavy atom. The van der Waals surface area contributed by atoms with Crippen LogP contribution in [0.15, 0.2) is 52.4 Å². The van der Waals surface area contributed by atoms with E-state index in [0.717, 1.165) is 22.8 Å². The quantitative estimate of drug-likeness (QED) is 0.473. The second-order valence-corrected chi connectivity index (χ2v) is 7.17. The van der Waals surface area contributed by atoms with Crippen LogP contribution in [0, 0.1) is 20.8 Å². The Kier molecular flexibility index (Phi) is 5.59. The maximum atomic E-state index is 12.9. The molecule has 0 saturated carbocycles. The van der Waals surface area contributed by atoms with Gasteiger partial charge in [0.1, 0.15) is 0 Å². The molecule has 0 aliphatic carbocycles. The van der Waals surface area contributed by atoms with Crippen LogP contribution in [0.4, 0.5) is 0 Å². The molecule has 0 spiro atoms. The summed E-state index contributed by atoms with van der Waals surface area (Å²) in [5.41, 5.74) is 4.54. The number of rotatable bonds is 6. The first-order valence-electron chi connectivity index (χ1n) is 8.48. The highest BCUT2D eigenvalue weighted by atomic mass is 32.2. The molecule has 2 radical (unpaired) electrons. The molecule has 0 bridgehead atoms. The van der Waals surface area contributed by atoms with Crippen molar-refractivity contribution in [1.29, 1.82) is 0 Å². The average Bonchev–Trinajstić information content (AvgIpc) is 2.62. The van der Waals surface area contributed by atoms with Gasteiger partial charge < -0.3 is 0 Å². The van der Waals surface area contributed by atoms with Crippen molar-refractivity contribution in [3.8, 4) is 0 Å². The summed E-state index contributed by atoms with van der Waals surface area (Å²) in [6.07, 6.45) is 1.32. The summed E-state index contributed by atoms with van der Waals surface area (Å²) in [6.45, 7) is 10.5. The van der Waals surface area contributed by atoms with E-state index in [1.807, 2.05) is 24.3 Å². The number of aryl methyl sites for hydroxylation is 2. The van der Waals surface area contributed by atoms with Crippen molar-refractivity contribution in [2.24, 2.45) is 0 Å². The van der Waals surface area contributed by atoms with Crippen LogP contribution < -0.4 is 5.56 Å². The molecule has 0 amide bonds. The molecule has 0 atom stereocenters. The van der Waals surface area contributed by atoms with Gasteiger partial charge in [0.2, 0.25) is 0 Å². The first-order valence-corrected chi connectivity index (χ1v) is 9.47. The molecule has 0 N–H and O–H groups in total. The molecule has 3 rings (SSSR count). The summed E-state index contributed by atoms with van der Waals surface area (Å²) >= 11 is 1.61. The van der Waals surface area contributed by atoms with E-state index in [-0.39, 0.29) is 5.56 Å². The fraction of sp³-hybridized carbons (Fsp3) is 0.286. The highest BCUT2D eigenvalue weighted by Gasteiger charge is 2.12. The highest BCUT2D eigenvalue weighted by Crippen LogP contribution is 2.24. The highest BCUT2D eigenvalue weighted by molar-refractivity contribution is 7.98. The zero-order valence-corrected chi connectivity index (χ0v) is 15.5. The van der Waals surface area contributed by atoms with Crippen LogP contribution in [0.1, 0.15) is 29.5 Å². The van der Waals surface area contributed by atoms with E-state index in [9.17, 15) is 4.79 Å². The molecule has 0 unspecified atom stereocenters. The number of nitrogens with zero attached hydrogens (tertiary/aromatic N) is 2. The number of hydrogen-bond donors (Lipinski definition) is 0. The summed E-state index contributed by atoms with van der Waals surface area (Å²) in [5.74, 6) is 0.793. The van der Waals surface area contributed by atoms with Crippen molar-refractivity contribution < 1.29 is 0 Å². The second kappa shape index (κ2) is 7.87. The van der Waals surface area contributed by atoms with Gasteiger partial charge in [0.25, 0.3) is 5.56 Å². The van der Waals surface area contributed by atoms with Crippen LogP contribution in [0.2, 0.25) is 0 Å². The van der Waals surface area contributed by atoms with Crippen LogP contribution in [-0.2, 0) is 12.3 Å². The van der Waals surface area contributed by atoms with E-state index in [1.54, 1.807) is 16.3 Å². The van der Waals surface area contributed by atoms with Gasteiger partial charge in [0.05, 0.1) is 10.9 Å². The van der Waals surface area contributed by atoms with Gasteiger partial charge in [-0.1, -0.05) is 47.7 Å². The minimum Gasteiger partial charge on any atom is -0.287 e. The van der Waals surface area contributed by atoms with Crippen LogP contribution in [0.5, 0.6) is 0 Å². The Morgan fingerprint density at radius 1 is 1.16 bits per heavy atom. The third-order valence-electron chi connectivity index (χ3n) is 4.27. The van der Waals surface area contributed by atoms with Gasteiger partial charge in [-0.05, 0) is 56.9 Å². The third-order valence-corrected chi connectivity index (χ3v) is 5.30. The molecule has 0 aliphatic heterocycles. The summed E-state index contributed by atoms with van der Waals surface area (Å²) in [6, 6.07) is 14.0. The minimum absolute atomic E-state index is 0.0162. The Balaban J connectivity index is 1.98. The standard InChI is InChI=1S/C21H22N2OS/c1-4-5-12-23-20(24)18-8-6-7-9-19(18)22-21(23)25-14-17-13-15(2)10-11-16(17)3/h1,6-11,13H,4-5,12,14H2,2-3H3. The van der Waals surface area contributed by atoms with Crippen molar-refractivity contribution in [3.63, 3.8) is 0 Å². The number of para-hydroxylation sites is 1. The fourth-order valence-corrected chi connectivity index (χ4v) is 3.89. The lowest BCUT2D eigenvalue weighted by molar-refractivity contribution is 0.567. The fourth-order valence-electron chi connectivity index (χ4n) is 2.80. The van der Waals surface area contributed by atoms with Gasteiger partial charge in [-0.3, -0.25) is 9.36 Å². The molecule has 128 valence electrons. The zero-order valence-electron chi connectivity index (χ0n) is 14.7. The topological polar surface area (TPSA) is 34.9 Å². The van der Waals surface area contributed by atoms with E-state index in [4.69, 9.17) is 11.9 Å². The third kappa shape index (κ3) is 3.96. The molecular formula is C21H22N2OS. The lowest BCUT2D eigenvalue weighted by Crippen LogP contribution is -2.23. The summed E-state index contributed by atoms with van der Waals surface area (Å²) in [4.78, 5) is 17.6. The summed E-state index contributed by atoms with van der Waals surface area (Å²) < 4.78 is 1.77. The second-order valence-electron chi connectivity index (χ2n) is 6.23. The molecule has 1 heterocycles. The Labute approximate surface area is 153 Å². The molecule has 4 heteroatoms. The van der Waals surface area contributed by atoms with Gasteiger partial charge in [0, 0.05) is 12.3 Å². The van der Waals surface area contributed by atoms with Crippen molar-refractivity contribution in [1.82, 2.24) is 9.55 Å². The molecule has 3 aromatic rings. The van der Waals surface area contributed by atoms with E-state index in [0.29, 0.717) is 18.4 Å². The van der Waals surface area contributed by atoms with Crippen molar-refractivity contribution >= 4 is 22.7 Å². The number of unbranched alkanes of at least 4 members (excludes halogenated alkanes) is 1.